The predicted octanol–water partition coefficient (Wildman–Crippen LogP) is 6.85. The first-order valence-electron chi connectivity index (χ1n) is 12.6. The van der Waals surface area contributed by atoms with Crippen LogP contribution >= 0.6 is 11.8 Å². The van der Waals surface area contributed by atoms with E-state index in [1.165, 1.54) is 41.3 Å². The summed E-state index contributed by atoms with van der Waals surface area (Å²) in [5.74, 6) is -5.54. The molecule has 2 aromatic carbocycles. The SMILES string of the molecule is CCCCC1(CCCC)CN(c2ccc(F)c(F)c2)c2cc(SC)c(O/C=C(\F)C(=O)O)cc2S(=O)(=O)N1C. The third-order valence-corrected chi connectivity index (χ3v) is 9.74. The number of carboxylic acids is 1. The largest absolute Gasteiger partial charge is 0.476 e. The number of aliphatic carboxylic acids is 1. The summed E-state index contributed by atoms with van der Waals surface area (Å²) in [6.45, 7) is 4.21. The van der Waals surface area contributed by atoms with Crippen LogP contribution in [0.5, 0.6) is 5.75 Å². The Labute approximate surface area is 231 Å². The molecule has 0 aromatic heterocycles. The number of hydrogen-bond acceptors (Lipinski definition) is 6. The van der Waals surface area contributed by atoms with Gasteiger partial charge in [-0.3, -0.25) is 0 Å². The van der Waals surface area contributed by atoms with Crippen molar-refractivity contribution in [3.63, 3.8) is 0 Å². The number of carboxylic acid groups (broad SMARTS) is 1. The summed E-state index contributed by atoms with van der Waals surface area (Å²) in [4.78, 5) is 12.8. The van der Waals surface area contributed by atoms with E-state index in [1.807, 2.05) is 13.8 Å². The highest BCUT2D eigenvalue weighted by Gasteiger charge is 2.47. The van der Waals surface area contributed by atoms with Gasteiger partial charge in [-0.2, -0.15) is 8.70 Å². The number of hydrogen-bond donors (Lipinski definition) is 1. The minimum Gasteiger partial charge on any atom is -0.476 e. The van der Waals surface area contributed by atoms with Crippen LogP contribution in [0.2, 0.25) is 0 Å². The molecule has 0 aliphatic carbocycles. The molecule has 0 radical (unpaired) electrons. The van der Waals surface area contributed by atoms with E-state index < -0.39 is 39.0 Å². The van der Waals surface area contributed by atoms with Gasteiger partial charge >= 0.3 is 5.97 Å². The molecule has 39 heavy (non-hydrogen) atoms. The minimum atomic E-state index is -4.18. The van der Waals surface area contributed by atoms with Gasteiger partial charge in [0.2, 0.25) is 15.9 Å². The molecule has 1 heterocycles. The van der Waals surface area contributed by atoms with Crippen molar-refractivity contribution in [1.82, 2.24) is 4.31 Å². The van der Waals surface area contributed by atoms with Gasteiger partial charge < -0.3 is 14.7 Å². The van der Waals surface area contributed by atoms with Crippen LogP contribution in [0.15, 0.2) is 52.2 Å². The van der Waals surface area contributed by atoms with Gasteiger partial charge in [-0.1, -0.05) is 39.5 Å². The average Bonchev–Trinajstić information content (AvgIpc) is 2.98. The molecule has 2 aromatic rings. The highest BCUT2D eigenvalue weighted by atomic mass is 32.2. The smallest absolute Gasteiger partial charge is 0.368 e. The number of unbranched alkanes of at least 4 members (excludes halogenated alkanes) is 2. The van der Waals surface area contributed by atoms with E-state index in [2.05, 4.69) is 0 Å². The number of carbonyl (C=O) groups is 1. The summed E-state index contributed by atoms with van der Waals surface area (Å²) < 4.78 is 77.0. The Hall–Kier alpha value is -2.70. The van der Waals surface area contributed by atoms with Crippen LogP contribution in [0.25, 0.3) is 0 Å². The first kappa shape index (κ1) is 30.8. The van der Waals surface area contributed by atoms with Crippen molar-refractivity contribution in [2.75, 3.05) is 24.7 Å². The molecule has 3 rings (SSSR count). The fourth-order valence-corrected chi connectivity index (χ4v) is 7.01. The number of thioether (sulfide) groups is 1. The van der Waals surface area contributed by atoms with Crippen molar-refractivity contribution >= 4 is 39.1 Å². The van der Waals surface area contributed by atoms with Crippen molar-refractivity contribution in [1.29, 1.82) is 0 Å². The normalized spacial score (nSPS) is 17.0. The minimum absolute atomic E-state index is 0.0607. The summed E-state index contributed by atoms with van der Waals surface area (Å²) in [7, 11) is -2.66. The highest BCUT2D eigenvalue weighted by Crippen LogP contribution is 2.47. The van der Waals surface area contributed by atoms with E-state index >= 15 is 0 Å². The molecule has 0 unspecified atom stereocenters. The van der Waals surface area contributed by atoms with Crippen LogP contribution in [0.4, 0.5) is 24.5 Å². The lowest BCUT2D eigenvalue weighted by Gasteiger charge is -2.42. The molecule has 214 valence electrons. The Balaban J connectivity index is 2.34. The molecule has 0 fully saturated rings. The van der Waals surface area contributed by atoms with Crippen molar-refractivity contribution in [2.24, 2.45) is 0 Å². The standard InChI is InChI=1S/C27H33F3N2O5S2/c1-5-7-11-27(12-8-6-2)17-32(18-9-10-19(28)20(29)13-18)22-14-24(38-4)23(37-16-21(30)26(33)34)15-25(22)39(35,36)31(27)3/h9-10,13-16H,5-8,11-12,17H2,1-4H3,(H,33,34)/b21-16-. The zero-order valence-corrected chi connectivity index (χ0v) is 24.0. The molecule has 0 atom stereocenters. The summed E-state index contributed by atoms with van der Waals surface area (Å²) in [5.41, 5.74) is -0.373. The molecule has 1 aliphatic rings. The molecule has 0 saturated heterocycles. The van der Waals surface area contributed by atoms with Gasteiger partial charge in [0.1, 0.15) is 16.9 Å². The van der Waals surface area contributed by atoms with Gasteiger partial charge in [0.25, 0.3) is 0 Å². The van der Waals surface area contributed by atoms with Crippen LogP contribution in [0, 0.1) is 11.6 Å². The molecule has 0 saturated carbocycles. The van der Waals surface area contributed by atoms with Gasteiger partial charge in [-0.15, -0.1) is 11.8 Å². The highest BCUT2D eigenvalue weighted by molar-refractivity contribution is 7.98. The number of likely N-dealkylation sites (N-methyl/N-ethyl adjacent to an activating group) is 1. The maximum atomic E-state index is 14.4. The number of nitrogens with zero attached hydrogens (tertiary/aromatic N) is 2. The zero-order chi connectivity index (χ0) is 29.0. The van der Waals surface area contributed by atoms with E-state index in [1.54, 1.807) is 11.2 Å². The summed E-state index contributed by atoms with van der Waals surface area (Å²) in [5, 5.41) is 8.84. The number of fused-ring (bicyclic) bond motifs is 1. The second-order valence-corrected chi connectivity index (χ2v) is 12.2. The Morgan fingerprint density at radius 2 is 1.77 bits per heavy atom. The van der Waals surface area contributed by atoms with Gasteiger partial charge in [-0.05, 0) is 37.3 Å². The zero-order valence-electron chi connectivity index (χ0n) is 22.3. The van der Waals surface area contributed by atoms with Gasteiger partial charge in [-0.25, -0.2) is 22.0 Å². The first-order valence-corrected chi connectivity index (χ1v) is 15.3. The monoisotopic (exact) mass is 586 g/mol. The van der Waals surface area contributed by atoms with E-state index in [-0.39, 0.29) is 28.6 Å². The van der Waals surface area contributed by atoms with Crippen molar-refractivity contribution in [3.05, 3.63) is 54.1 Å². The number of anilines is 2. The van der Waals surface area contributed by atoms with Crippen LogP contribution in [-0.2, 0) is 14.8 Å². The maximum Gasteiger partial charge on any atom is 0.368 e. The number of rotatable bonds is 11. The topological polar surface area (TPSA) is 87.1 Å². The Bertz CT molecular complexity index is 1340. The van der Waals surface area contributed by atoms with E-state index in [0.717, 1.165) is 37.8 Å². The second kappa shape index (κ2) is 12.6. The predicted molar refractivity (Wildman–Crippen MR) is 146 cm³/mol. The van der Waals surface area contributed by atoms with Crippen LogP contribution in [0.3, 0.4) is 0 Å². The molecule has 0 bridgehead atoms. The fourth-order valence-electron chi connectivity index (χ4n) is 4.74. The summed E-state index contributed by atoms with van der Waals surface area (Å²) in [6, 6.07) is 6.19. The van der Waals surface area contributed by atoms with Crippen molar-refractivity contribution in [3.8, 4) is 5.75 Å². The van der Waals surface area contributed by atoms with Gasteiger partial charge in [0, 0.05) is 31.4 Å². The number of benzene rings is 2. The molecule has 0 spiro atoms. The van der Waals surface area contributed by atoms with Crippen molar-refractivity contribution < 1.29 is 36.2 Å². The Kier molecular flexibility index (Phi) is 10.0. The van der Waals surface area contributed by atoms with Gasteiger partial charge in [0.05, 0.1) is 16.1 Å². The van der Waals surface area contributed by atoms with E-state index in [0.29, 0.717) is 24.0 Å². The number of ether oxygens (including phenoxy) is 1. The Morgan fingerprint density at radius 3 is 2.31 bits per heavy atom. The van der Waals surface area contributed by atoms with E-state index in [4.69, 9.17) is 9.84 Å². The summed E-state index contributed by atoms with van der Waals surface area (Å²) in [6.07, 6.45) is 6.32. The van der Waals surface area contributed by atoms with Crippen LogP contribution < -0.4 is 9.64 Å². The van der Waals surface area contributed by atoms with Crippen LogP contribution in [-0.4, -0.2) is 49.2 Å². The fraction of sp³-hybridized carbons (Fsp3) is 0.444. The summed E-state index contributed by atoms with van der Waals surface area (Å²) >= 11 is 1.17. The quantitative estimate of drug-likeness (QED) is 0.175. The molecule has 7 nitrogen and oxygen atoms in total. The molecular weight excluding hydrogens is 553 g/mol. The molecule has 1 aliphatic heterocycles. The van der Waals surface area contributed by atoms with Crippen molar-refractivity contribution in [2.45, 2.75) is 67.7 Å². The third kappa shape index (κ3) is 6.38. The lowest BCUT2D eigenvalue weighted by atomic mass is 9.86. The molecule has 0 amide bonds. The Morgan fingerprint density at radius 1 is 1.13 bits per heavy atom. The van der Waals surface area contributed by atoms with E-state index in [9.17, 15) is 26.4 Å². The number of sulfonamides is 1. The van der Waals surface area contributed by atoms with Crippen LogP contribution in [0.1, 0.15) is 52.4 Å². The molecule has 12 heteroatoms. The average molecular weight is 587 g/mol. The molecule has 1 N–H and O–H groups in total. The maximum absolute atomic E-state index is 14.4. The number of halogens is 3. The third-order valence-electron chi connectivity index (χ3n) is 6.99. The lowest BCUT2D eigenvalue weighted by Crippen LogP contribution is -2.53. The lowest BCUT2D eigenvalue weighted by molar-refractivity contribution is -0.134. The first-order chi connectivity index (χ1) is 18.4. The second-order valence-electron chi connectivity index (χ2n) is 9.45. The molecular formula is C27H33F3N2O5S2. The van der Waals surface area contributed by atoms with Gasteiger partial charge in [0.15, 0.2) is 11.6 Å².